The molecule has 7 heteroatoms. The van der Waals surface area contributed by atoms with Crippen molar-refractivity contribution in [1.29, 1.82) is 0 Å². The minimum Gasteiger partial charge on any atom is -0.497 e. The van der Waals surface area contributed by atoms with E-state index in [1.54, 1.807) is 25.4 Å². The molecule has 3 aromatic rings. The van der Waals surface area contributed by atoms with Crippen LogP contribution < -0.4 is 29.0 Å². The van der Waals surface area contributed by atoms with Crippen molar-refractivity contribution in [2.75, 3.05) is 33.8 Å². The third-order valence-electron chi connectivity index (χ3n) is 4.57. The summed E-state index contributed by atoms with van der Waals surface area (Å²) < 4.78 is 26.9. The largest absolute Gasteiger partial charge is 0.497 e. The number of benzene rings is 3. The van der Waals surface area contributed by atoms with E-state index in [0.29, 0.717) is 34.3 Å². The van der Waals surface area contributed by atoms with Gasteiger partial charge in [0, 0.05) is 29.6 Å². The van der Waals surface area contributed by atoms with Gasteiger partial charge in [-0.05, 0) is 48.5 Å². The number of carbonyl (C=O) groups excluding carboxylic acids is 1. The fourth-order valence-electron chi connectivity index (χ4n) is 2.95. The van der Waals surface area contributed by atoms with Crippen LogP contribution in [0.4, 0.5) is 5.69 Å². The van der Waals surface area contributed by atoms with Crippen LogP contribution in [0.15, 0.2) is 72.9 Å². The molecule has 0 atom stereocenters. The number of methoxy groups -OCH3 is 4. The van der Waals surface area contributed by atoms with Crippen molar-refractivity contribution in [2.24, 2.45) is 0 Å². The lowest BCUT2D eigenvalue weighted by Crippen LogP contribution is -2.01. The molecule has 0 bridgehead atoms. The van der Waals surface area contributed by atoms with Gasteiger partial charge in [-0.2, -0.15) is 0 Å². The summed E-state index contributed by atoms with van der Waals surface area (Å²) >= 11 is 0. The van der Waals surface area contributed by atoms with Gasteiger partial charge >= 0.3 is 0 Å². The maximum absolute atomic E-state index is 12.6. The Morgan fingerprint density at radius 2 is 1.41 bits per heavy atom. The first kappa shape index (κ1) is 22.6. The van der Waals surface area contributed by atoms with E-state index < -0.39 is 0 Å². The molecule has 166 valence electrons. The summed E-state index contributed by atoms with van der Waals surface area (Å²) in [5, 5.41) is 3.07. The van der Waals surface area contributed by atoms with E-state index in [-0.39, 0.29) is 5.78 Å². The van der Waals surface area contributed by atoms with Gasteiger partial charge in [0.1, 0.15) is 17.2 Å². The van der Waals surface area contributed by atoms with Crippen molar-refractivity contribution < 1.29 is 28.5 Å². The zero-order valence-electron chi connectivity index (χ0n) is 18.4. The summed E-state index contributed by atoms with van der Waals surface area (Å²) in [6.07, 6.45) is 3.00. The summed E-state index contributed by atoms with van der Waals surface area (Å²) in [4.78, 5) is 12.6. The van der Waals surface area contributed by atoms with Crippen LogP contribution in [0.5, 0.6) is 34.5 Å². The van der Waals surface area contributed by atoms with Crippen LogP contribution in [-0.2, 0) is 0 Å². The average molecular weight is 435 g/mol. The lowest BCUT2D eigenvalue weighted by molar-refractivity contribution is 0.104. The molecule has 0 spiro atoms. The van der Waals surface area contributed by atoms with Crippen LogP contribution in [-0.4, -0.2) is 34.2 Å². The topological polar surface area (TPSA) is 75.3 Å². The first-order valence-corrected chi connectivity index (χ1v) is 9.77. The minimum atomic E-state index is -0.213. The van der Waals surface area contributed by atoms with E-state index in [1.165, 1.54) is 27.4 Å². The molecule has 0 saturated carbocycles. The van der Waals surface area contributed by atoms with Gasteiger partial charge in [0.15, 0.2) is 17.3 Å². The summed E-state index contributed by atoms with van der Waals surface area (Å²) in [5.74, 6) is 3.15. The first-order chi connectivity index (χ1) is 15.6. The van der Waals surface area contributed by atoms with Gasteiger partial charge in [-0.1, -0.05) is 6.07 Å². The van der Waals surface area contributed by atoms with Crippen LogP contribution in [0, 0.1) is 0 Å². The molecular formula is C25H25NO6. The number of nitrogens with one attached hydrogen (secondary N) is 1. The Kier molecular flexibility index (Phi) is 7.59. The fraction of sp³-hybridized carbons (Fsp3) is 0.160. The number of ketones is 1. The van der Waals surface area contributed by atoms with Gasteiger partial charge in [-0.25, -0.2) is 0 Å². The molecule has 32 heavy (non-hydrogen) atoms. The van der Waals surface area contributed by atoms with Crippen molar-refractivity contribution in [3.63, 3.8) is 0 Å². The second kappa shape index (κ2) is 10.8. The molecule has 0 unspecified atom stereocenters. The highest BCUT2D eigenvalue weighted by Crippen LogP contribution is 2.38. The zero-order valence-corrected chi connectivity index (χ0v) is 18.4. The molecule has 0 saturated heterocycles. The Morgan fingerprint density at radius 1 is 0.750 bits per heavy atom. The Bertz CT molecular complexity index is 1070. The molecule has 0 aliphatic carbocycles. The highest BCUT2D eigenvalue weighted by atomic mass is 16.5. The van der Waals surface area contributed by atoms with Gasteiger partial charge < -0.3 is 29.0 Å². The van der Waals surface area contributed by atoms with Crippen molar-refractivity contribution >= 4 is 11.5 Å². The molecule has 0 aromatic heterocycles. The van der Waals surface area contributed by atoms with E-state index in [9.17, 15) is 4.79 Å². The number of allylic oxidation sites excluding steroid dienone is 1. The normalized spacial score (nSPS) is 10.5. The number of rotatable bonds is 10. The molecular weight excluding hydrogens is 410 g/mol. The van der Waals surface area contributed by atoms with Crippen molar-refractivity contribution in [3.8, 4) is 34.5 Å². The van der Waals surface area contributed by atoms with Crippen LogP contribution in [0.25, 0.3) is 0 Å². The van der Waals surface area contributed by atoms with Crippen LogP contribution >= 0.6 is 0 Å². The molecule has 0 fully saturated rings. The van der Waals surface area contributed by atoms with E-state index in [0.717, 1.165) is 11.4 Å². The first-order valence-electron chi connectivity index (χ1n) is 9.77. The SMILES string of the molecule is COc1cccc(Oc2ccc(N/C=C/C(=O)c3cc(OC)c(OC)c(OC)c3)cc2)c1. The highest BCUT2D eigenvalue weighted by Gasteiger charge is 2.15. The highest BCUT2D eigenvalue weighted by molar-refractivity contribution is 6.05. The quantitative estimate of drug-likeness (QED) is 0.341. The smallest absolute Gasteiger partial charge is 0.203 e. The number of hydrogen-bond donors (Lipinski definition) is 1. The number of carbonyl (C=O) groups is 1. The predicted octanol–water partition coefficient (Wildman–Crippen LogP) is 5.32. The summed E-state index contributed by atoms with van der Waals surface area (Å²) in [6, 6.07) is 18.0. The molecule has 0 aliphatic heterocycles. The van der Waals surface area contributed by atoms with Gasteiger partial charge in [0.25, 0.3) is 0 Å². The maximum Gasteiger partial charge on any atom is 0.203 e. The Labute approximate surface area is 187 Å². The standard InChI is InChI=1S/C25H25NO6/c1-28-20-6-5-7-21(16-20)32-19-10-8-18(9-11-19)26-13-12-22(27)17-14-23(29-2)25(31-4)24(15-17)30-3/h5-16,26H,1-4H3/b13-12+. The van der Waals surface area contributed by atoms with Gasteiger partial charge in [-0.3, -0.25) is 4.79 Å². The molecule has 0 radical (unpaired) electrons. The lowest BCUT2D eigenvalue weighted by Gasteiger charge is -2.13. The van der Waals surface area contributed by atoms with Gasteiger partial charge in [0.2, 0.25) is 5.75 Å². The second-order valence-electron chi connectivity index (χ2n) is 6.56. The summed E-state index contributed by atoms with van der Waals surface area (Å²) in [5.41, 5.74) is 1.22. The van der Waals surface area contributed by atoms with E-state index in [2.05, 4.69) is 5.32 Å². The van der Waals surface area contributed by atoms with E-state index in [4.69, 9.17) is 23.7 Å². The molecule has 3 rings (SSSR count). The second-order valence-corrected chi connectivity index (χ2v) is 6.56. The third-order valence-corrected chi connectivity index (χ3v) is 4.57. The molecule has 0 heterocycles. The monoisotopic (exact) mass is 435 g/mol. The molecule has 0 aliphatic rings. The molecule has 3 aromatic carbocycles. The fourth-order valence-corrected chi connectivity index (χ4v) is 2.95. The molecule has 7 nitrogen and oxygen atoms in total. The van der Waals surface area contributed by atoms with Gasteiger partial charge in [0.05, 0.1) is 28.4 Å². The average Bonchev–Trinajstić information content (AvgIpc) is 2.84. The van der Waals surface area contributed by atoms with Gasteiger partial charge in [-0.15, -0.1) is 0 Å². The lowest BCUT2D eigenvalue weighted by atomic mass is 10.1. The maximum atomic E-state index is 12.6. The summed E-state index contributed by atoms with van der Waals surface area (Å²) in [6.45, 7) is 0. The Morgan fingerprint density at radius 3 is 2.00 bits per heavy atom. The number of ether oxygens (including phenoxy) is 5. The van der Waals surface area contributed by atoms with Crippen molar-refractivity contribution in [3.05, 3.63) is 78.5 Å². The van der Waals surface area contributed by atoms with E-state index >= 15 is 0 Å². The zero-order chi connectivity index (χ0) is 22.9. The minimum absolute atomic E-state index is 0.213. The predicted molar refractivity (Wildman–Crippen MR) is 123 cm³/mol. The number of anilines is 1. The van der Waals surface area contributed by atoms with E-state index in [1.807, 2.05) is 48.5 Å². The van der Waals surface area contributed by atoms with Crippen LogP contribution in [0.2, 0.25) is 0 Å². The molecule has 1 N–H and O–H groups in total. The Hall–Kier alpha value is -4.13. The van der Waals surface area contributed by atoms with Crippen LogP contribution in [0.3, 0.4) is 0 Å². The van der Waals surface area contributed by atoms with Crippen molar-refractivity contribution in [1.82, 2.24) is 0 Å². The van der Waals surface area contributed by atoms with Crippen LogP contribution in [0.1, 0.15) is 10.4 Å². The molecule has 0 amide bonds. The number of hydrogen-bond acceptors (Lipinski definition) is 7. The third kappa shape index (κ3) is 5.51. The Balaban J connectivity index is 1.64. The summed E-state index contributed by atoms with van der Waals surface area (Å²) in [7, 11) is 6.13. The van der Waals surface area contributed by atoms with Crippen molar-refractivity contribution in [2.45, 2.75) is 0 Å².